The SMILES string of the molecule is COc1cc(N(C)CCN(C)C)c([N+](=O)[O-])cc1Nc1nccc(-c2cc(F)c3c(cnn3C3CCCCO3)c2)n1. The predicted molar refractivity (Wildman–Crippen MR) is 154 cm³/mol. The van der Waals surface area contributed by atoms with E-state index in [-0.39, 0.29) is 17.9 Å². The third-order valence-electron chi connectivity index (χ3n) is 7.06. The van der Waals surface area contributed by atoms with Crippen LogP contribution in [0.3, 0.4) is 0 Å². The quantitative estimate of drug-likeness (QED) is 0.208. The summed E-state index contributed by atoms with van der Waals surface area (Å²) in [4.78, 5) is 24.2. The number of hydrogen-bond donors (Lipinski definition) is 1. The average Bonchev–Trinajstić information content (AvgIpc) is 3.41. The summed E-state index contributed by atoms with van der Waals surface area (Å²) in [5.74, 6) is 0.139. The second-order valence-corrected chi connectivity index (χ2v) is 10.2. The van der Waals surface area contributed by atoms with Crippen LogP contribution in [0.5, 0.6) is 5.75 Å². The summed E-state index contributed by atoms with van der Waals surface area (Å²) in [5.41, 5.74) is 2.07. The number of ether oxygens (including phenoxy) is 2. The lowest BCUT2D eigenvalue weighted by molar-refractivity contribution is -0.384. The van der Waals surface area contributed by atoms with E-state index >= 15 is 4.39 Å². The van der Waals surface area contributed by atoms with E-state index in [1.165, 1.54) is 25.4 Å². The Balaban J connectivity index is 1.44. The summed E-state index contributed by atoms with van der Waals surface area (Å²) < 4.78 is 28.4. The van der Waals surface area contributed by atoms with Crippen LogP contribution < -0.4 is 15.0 Å². The van der Waals surface area contributed by atoms with E-state index < -0.39 is 10.7 Å². The van der Waals surface area contributed by atoms with Gasteiger partial charge in [0.15, 0.2) is 6.23 Å². The Kier molecular flexibility index (Phi) is 8.26. The van der Waals surface area contributed by atoms with Gasteiger partial charge in [-0.1, -0.05) is 0 Å². The number of nitro groups is 1. The number of nitro benzene ring substituents is 1. The van der Waals surface area contributed by atoms with Crippen LogP contribution in [0.1, 0.15) is 25.5 Å². The minimum Gasteiger partial charge on any atom is -0.494 e. The van der Waals surface area contributed by atoms with E-state index in [2.05, 4.69) is 20.4 Å². The normalized spacial score (nSPS) is 15.3. The minimum absolute atomic E-state index is 0.0859. The first-order chi connectivity index (χ1) is 19.7. The van der Waals surface area contributed by atoms with Gasteiger partial charge in [-0.05, 0) is 51.6 Å². The van der Waals surface area contributed by atoms with Crippen molar-refractivity contribution in [1.82, 2.24) is 24.6 Å². The Hall–Kier alpha value is -4.36. The Morgan fingerprint density at radius 2 is 2.05 bits per heavy atom. The van der Waals surface area contributed by atoms with Crippen LogP contribution in [-0.4, -0.2) is 77.5 Å². The molecule has 0 saturated carbocycles. The zero-order valence-corrected chi connectivity index (χ0v) is 23.5. The number of hydrogen-bond acceptors (Lipinski definition) is 10. The van der Waals surface area contributed by atoms with Crippen molar-refractivity contribution in [1.29, 1.82) is 0 Å². The van der Waals surface area contributed by atoms with Gasteiger partial charge in [0.25, 0.3) is 5.69 Å². The summed E-state index contributed by atoms with van der Waals surface area (Å²) >= 11 is 0. The van der Waals surface area contributed by atoms with E-state index in [1.54, 1.807) is 30.1 Å². The number of nitrogens with zero attached hydrogens (tertiary/aromatic N) is 7. The van der Waals surface area contributed by atoms with Crippen molar-refractivity contribution in [2.75, 3.05) is 58.2 Å². The molecule has 1 N–H and O–H groups in total. The number of nitrogens with one attached hydrogen (secondary N) is 1. The van der Waals surface area contributed by atoms with Crippen molar-refractivity contribution in [3.63, 3.8) is 0 Å². The van der Waals surface area contributed by atoms with Gasteiger partial charge in [0.2, 0.25) is 5.95 Å². The maximum atomic E-state index is 15.4. The molecule has 12 nitrogen and oxygen atoms in total. The predicted octanol–water partition coefficient (Wildman–Crippen LogP) is 4.99. The monoisotopic (exact) mass is 564 g/mol. The molecule has 0 radical (unpaired) electrons. The largest absolute Gasteiger partial charge is 0.494 e. The molecule has 0 aliphatic carbocycles. The maximum absolute atomic E-state index is 15.4. The van der Waals surface area contributed by atoms with Crippen molar-refractivity contribution in [3.8, 4) is 17.0 Å². The number of fused-ring (bicyclic) bond motifs is 1. The molecule has 1 atom stereocenters. The molecule has 1 unspecified atom stereocenters. The zero-order chi connectivity index (χ0) is 29.1. The number of aromatic nitrogens is 4. The van der Waals surface area contributed by atoms with E-state index in [1.807, 2.05) is 30.0 Å². The van der Waals surface area contributed by atoms with Crippen molar-refractivity contribution in [3.05, 3.63) is 58.7 Å². The lowest BCUT2D eigenvalue weighted by Crippen LogP contribution is -2.28. The van der Waals surface area contributed by atoms with Crippen LogP contribution in [0, 0.1) is 15.9 Å². The number of anilines is 3. The molecule has 1 aliphatic heterocycles. The van der Waals surface area contributed by atoms with Gasteiger partial charge in [-0.2, -0.15) is 5.10 Å². The summed E-state index contributed by atoms with van der Waals surface area (Å²) in [6.07, 6.45) is 5.66. The number of methoxy groups -OCH3 is 1. The molecule has 1 fully saturated rings. The fraction of sp³-hybridized carbons (Fsp3) is 0.393. The molecular formula is C28H33FN8O4. The molecule has 216 valence electrons. The Morgan fingerprint density at radius 3 is 2.76 bits per heavy atom. The third-order valence-corrected chi connectivity index (χ3v) is 7.06. The molecule has 0 bridgehead atoms. The average molecular weight is 565 g/mol. The number of halogens is 1. The Morgan fingerprint density at radius 1 is 1.22 bits per heavy atom. The smallest absolute Gasteiger partial charge is 0.294 e. The van der Waals surface area contributed by atoms with Gasteiger partial charge in [0.1, 0.15) is 22.8 Å². The highest BCUT2D eigenvalue weighted by Crippen LogP contribution is 2.39. The Labute approximate surface area is 236 Å². The van der Waals surface area contributed by atoms with Crippen LogP contribution in [0.2, 0.25) is 0 Å². The molecule has 2 aromatic carbocycles. The summed E-state index contributed by atoms with van der Waals surface area (Å²) in [6, 6.07) is 7.93. The topological polar surface area (TPSA) is 124 Å². The van der Waals surface area contributed by atoms with Crippen molar-refractivity contribution < 1.29 is 18.8 Å². The summed E-state index contributed by atoms with van der Waals surface area (Å²) in [6.45, 7) is 1.94. The number of benzene rings is 2. The summed E-state index contributed by atoms with van der Waals surface area (Å²) in [5, 5.41) is 20.0. The highest BCUT2D eigenvalue weighted by molar-refractivity contribution is 5.85. The standard InChI is InChI=1S/C28H33FN8O4/c1-34(2)10-11-35(3)23-16-25(40-4)22(15-24(23)37(38)39)33-28-30-9-8-21(32-28)18-13-19-17-31-36(27(19)20(29)14-18)26-7-5-6-12-41-26/h8-9,13-17,26H,5-7,10-12H2,1-4H3,(H,30,32,33). The van der Waals surface area contributed by atoms with Gasteiger partial charge >= 0.3 is 0 Å². The van der Waals surface area contributed by atoms with Crippen molar-refractivity contribution in [2.24, 2.45) is 0 Å². The van der Waals surface area contributed by atoms with Crippen LogP contribution in [0.25, 0.3) is 22.2 Å². The maximum Gasteiger partial charge on any atom is 0.294 e. The molecule has 0 spiro atoms. The molecule has 2 aromatic heterocycles. The van der Waals surface area contributed by atoms with E-state index in [4.69, 9.17) is 9.47 Å². The van der Waals surface area contributed by atoms with Gasteiger partial charge in [0.05, 0.1) is 29.6 Å². The lowest BCUT2D eigenvalue weighted by atomic mass is 10.1. The molecule has 5 rings (SSSR count). The van der Waals surface area contributed by atoms with Gasteiger partial charge in [0, 0.05) is 56.0 Å². The van der Waals surface area contributed by atoms with Crippen LogP contribution in [-0.2, 0) is 4.74 Å². The fourth-order valence-electron chi connectivity index (χ4n) is 4.87. The fourth-order valence-corrected chi connectivity index (χ4v) is 4.87. The molecular weight excluding hydrogens is 531 g/mol. The number of likely N-dealkylation sites (N-methyl/N-ethyl adjacent to an activating group) is 2. The van der Waals surface area contributed by atoms with Crippen LogP contribution >= 0.6 is 0 Å². The Bertz CT molecular complexity index is 1550. The third kappa shape index (κ3) is 6.05. The molecule has 1 saturated heterocycles. The molecule has 0 amide bonds. The van der Waals surface area contributed by atoms with E-state index in [9.17, 15) is 10.1 Å². The first kappa shape index (κ1) is 28.2. The molecule has 1 aliphatic rings. The second-order valence-electron chi connectivity index (χ2n) is 10.2. The van der Waals surface area contributed by atoms with Gasteiger partial charge in [-0.15, -0.1) is 0 Å². The number of rotatable bonds is 10. The molecule has 4 aromatic rings. The van der Waals surface area contributed by atoms with Crippen LogP contribution in [0.4, 0.5) is 27.4 Å². The van der Waals surface area contributed by atoms with Crippen molar-refractivity contribution >= 4 is 33.9 Å². The minimum atomic E-state index is -0.431. The van der Waals surface area contributed by atoms with E-state index in [0.29, 0.717) is 52.4 Å². The van der Waals surface area contributed by atoms with Gasteiger partial charge in [-0.3, -0.25) is 10.1 Å². The highest BCUT2D eigenvalue weighted by Gasteiger charge is 2.23. The van der Waals surface area contributed by atoms with Gasteiger partial charge < -0.3 is 24.6 Å². The first-order valence-corrected chi connectivity index (χ1v) is 13.4. The summed E-state index contributed by atoms with van der Waals surface area (Å²) in [7, 11) is 7.17. The second kappa shape index (κ2) is 12.0. The highest BCUT2D eigenvalue weighted by atomic mass is 19.1. The molecule has 41 heavy (non-hydrogen) atoms. The van der Waals surface area contributed by atoms with Crippen LogP contribution in [0.15, 0.2) is 42.7 Å². The van der Waals surface area contributed by atoms with E-state index in [0.717, 1.165) is 25.8 Å². The molecule has 3 heterocycles. The zero-order valence-electron chi connectivity index (χ0n) is 23.5. The molecule has 13 heteroatoms. The van der Waals surface area contributed by atoms with Crippen molar-refractivity contribution in [2.45, 2.75) is 25.5 Å². The first-order valence-electron chi connectivity index (χ1n) is 13.4. The lowest BCUT2D eigenvalue weighted by Gasteiger charge is -2.23. The van der Waals surface area contributed by atoms with Gasteiger partial charge in [-0.25, -0.2) is 19.0 Å².